The van der Waals surface area contributed by atoms with E-state index in [1.807, 2.05) is 0 Å². The van der Waals surface area contributed by atoms with Crippen molar-refractivity contribution in [3.8, 4) is 0 Å². The van der Waals surface area contributed by atoms with E-state index in [-0.39, 0.29) is 0 Å². The van der Waals surface area contributed by atoms with E-state index in [2.05, 4.69) is 51.9 Å². The van der Waals surface area contributed by atoms with E-state index < -0.39 is 0 Å². The van der Waals surface area contributed by atoms with Gasteiger partial charge in [0.25, 0.3) is 0 Å². The van der Waals surface area contributed by atoms with Gasteiger partial charge in [0.2, 0.25) is 0 Å². The van der Waals surface area contributed by atoms with Crippen LogP contribution in [0.3, 0.4) is 0 Å². The average molecular weight is 268 g/mol. The van der Waals surface area contributed by atoms with Crippen LogP contribution in [0.25, 0.3) is 0 Å². The van der Waals surface area contributed by atoms with Gasteiger partial charge in [0.1, 0.15) is 0 Å². The van der Waals surface area contributed by atoms with Crippen LogP contribution in [0.2, 0.25) is 0 Å². The summed E-state index contributed by atoms with van der Waals surface area (Å²) < 4.78 is 0. The van der Waals surface area contributed by atoms with E-state index in [4.69, 9.17) is 0 Å². The molecule has 19 heavy (non-hydrogen) atoms. The van der Waals surface area contributed by atoms with Crippen molar-refractivity contribution < 1.29 is 0 Å². The Kier molecular flexibility index (Phi) is 6.82. The molecule has 114 valence electrons. The second-order valence-corrected chi connectivity index (χ2v) is 7.32. The molecule has 0 aliphatic heterocycles. The molecule has 2 nitrogen and oxygen atoms in total. The maximum atomic E-state index is 3.58. The summed E-state index contributed by atoms with van der Waals surface area (Å²) in [5.74, 6) is 0.873. The quantitative estimate of drug-likeness (QED) is 0.785. The highest BCUT2D eigenvalue weighted by molar-refractivity contribution is 4.93. The fraction of sp³-hybridized carbons (Fsp3) is 1.00. The lowest BCUT2D eigenvalue weighted by molar-refractivity contribution is 0.0624. The van der Waals surface area contributed by atoms with E-state index in [9.17, 15) is 0 Å². The molecule has 0 aromatic rings. The molecular formula is C17H36N2. The number of nitrogens with one attached hydrogen (secondary N) is 1. The predicted molar refractivity (Wildman–Crippen MR) is 85.6 cm³/mol. The van der Waals surface area contributed by atoms with E-state index in [0.717, 1.165) is 12.0 Å². The summed E-state index contributed by atoms with van der Waals surface area (Å²) in [6.45, 7) is 14.3. The molecule has 0 aromatic carbocycles. The Bertz CT molecular complexity index is 244. The van der Waals surface area contributed by atoms with Crippen molar-refractivity contribution in [2.75, 3.05) is 20.1 Å². The van der Waals surface area contributed by atoms with Crippen LogP contribution in [0.1, 0.15) is 66.7 Å². The number of rotatable bonds is 6. The molecule has 1 fully saturated rings. The Hall–Kier alpha value is -0.0800. The minimum absolute atomic E-state index is 0.459. The molecule has 1 aliphatic carbocycles. The Balaban J connectivity index is 2.72. The molecule has 0 radical (unpaired) electrons. The first-order valence-corrected chi connectivity index (χ1v) is 8.35. The second-order valence-electron chi connectivity index (χ2n) is 7.32. The molecule has 0 saturated heterocycles. The van der Waals surface area contributed by atoms with Crippen molar-refractivity contribution in [2.45, 2.75) is 78.8 Å². The molecule has 2 heteroatoms. The molecule has 0 aromatic heterocycles. The summed E-state index contributed by atoms with van der Waals surface area (Å²) >= 11 is 0. The van der Waals surface area contributed by atoms with Crippen LogP contribution in [0.5, 0.6) is 0 Å². The number of hydrogen-bond acceptors (Lipinski definition) is 2. The summed E-state index contributed by atoms with van der Waals surface area (Å²) in [5.41, 5.74) is 0.459. The summed E-state index contributed by atoms with van der Waals surface area (Å²) in [5, 5.41) is 3.58. The maximum Gasteiger partial charge on any atom is 0.0251 e. The van der Waals surface area contributed by atoms with Gasteiger partial charge < -0.3 is 5.32 Å². The van der Waals surface area contributed by atoms with Gasteiger partial charge in [0.05, 0.1) is 0 Å². The summed E-state index contributed by atoms with van der Waals surface area (Å²) in [6.07, 6.45) is 6.73. The van der Waals surface area contributed by atoms with Crippen molar-refractivity contribution in [3.05, 3.63) is 0 Å². The lowest BCUT2D eigenvalue weighted by atomic mass is 9.69. The van der Waals surface area contributed by atoms with Crippen molar-refractivity contribution in [1.29, 1.82) is 0 Å². The van der Waals surface area contributed by atoms with Crippen LogP contribution in [0, 0.1) is 11.3 Å². The zero-order valence-electron chi connectivity index (χ0n) is 14.1. The van der Waals surface area contributed by atoms with Crippen LogP contribution >= 0.6 is 0 Å². The SMILES string of the molecule is CCCCN(CC)C1CC(C(C)(C)C)CCC1NC. The third-order valence-electron chi connectivity index (χ3n) is 5.09. The summed E-state index contributed by atoms with van der Waals surface area (Å²) in [7, 11) is 2.14. The molecule has 0 amide bonds. The third-order valence-corrected chi connectivity index (χ3v) is 5.09. The van der Waals surface area contributed by atoms with Crippen LogP contribution in [-0.4, -0.2) is 37.1 Å². The topological polar surface area (TPSA) is 15.3 Å². The largest absolute Gasteiger partial charge is 0.315 e. The first-order chi connectivity index (χ1) is 8.93. The highest BCUT2D eigenvalue weighted by Gasteiger charge is 2.37. The molecule has 0 heterocycles. The minimum atomic E-state index is 0.459. The van der Waals surface area contributed by atoms with Gasteiger partial charge in [-0.25, -0.2) is 0 Å². The van der Waals surface area contributed by atoms with Gasteiger partial charge in [-0.1, -0.05) is 41.0 Å². The molecule has 1 aliphatic rings. The highest BCUT2D eigenvalue weighted by atomic mass is 15.2. The Morgan fingerprint density at radius 3 is 2.32 bits per heavy atom. The number of nitrogens with zero attached hydrogens (tertiary/aromatic N) is 1. The van der Waals surface area contributed by atoms with E-state index in [0.29, 0.717) is 11.5 Å². The van der Waals surface area contributed by atoms with Crippen molar-refractivity contribution in [2.24, 2.45) is 11.3 Å². The molecule has 3 atom stereocenters. The van der Waals surface area contributed by atoms with Crippen LogP contribution < -0.4 is 5.32 Å². The number of likely N-dealkylation sites (N-methyl/N-ethyl adjacent to an activating group) is 2. The summed E-state index contributed by atoms with van der Waals surface area (Å²) in [6, 6.07) is 1.43. The Morgan fingerprint density at radius 2 is 1.84 bits per heavy atom. The van der Waals surface area contributed by atoms with Gasteiger partial charge in [0.15, 0.2) is 0 Å². The van der Waals surface area contributed by atoms with Gasteiger partial charge in [-0.05, 0) is 57.2 Å². The zero-order chi connectivity index (χ0) is 14.5. The van der Waals surface area contributed by atoms with Crippen molar-refractivity contribution in [1.82, 2.24) is 10.2 Å². The van der Waals surface area contributed by atoms with Gasteiger partial charge in [-0.15, -0.1) is 0 Å². The minimum Gasteiger partial charge on any atom is -0.315 e. The predicted octanol–water partition coefficient (Wildman–Crippen LogP) is 3.91. The summed E-state index contributed by atoms with van der Waals surface area (Å²) in [4.78, 5) is 2.72. The fourth-order valence-corrected chi connectivity index (χ4v) is 3.59. The lowest BCUT2D eigenvalue weighted by Crippen LogP contribution is -2.53. The van der Waals surface area contributed by atoms with Gasteiger partial charge in [-0.3, -0.25) is 4.90 Å². The molecule has 0 spiro atoms. The number of unbranched alkanes of at least 4 members (excludes halogenated alkanes) is 1. The first-order valence-electron chi connectivity index (χ1n) is 8.35. The molecule has 3 unspecified atom stereocenters. The lowest BCUT2D eigenvalue weighted by Gasteiger charge is -2.46. The molecule has 1 saturated carbocycles. The monoisotopic (exact) mass is 268 g/mol. The zero-order valence-corrected chi connectivity index (χ0v) is 14.1. The van der Waals surface area contributed by atoms with E-state index in [1.165, 1.54) is 45.2 Å². The van der Waals surface area contributed by atoms with Crippen LogP contribution in [0.15, 0.2) is 0 Å². The van der Waals surface area contributed by atoms with Gasteiger partial charge >= 0.3 is 0 Å². The first kappa shape index (κ1) is 17.0. The standard InChI is InChI=1S/C17H36N2/c1-7-9-12-19(8-2)16-13-14(17(3,4)5)10-11-15(16)18-6/h14-16,18H,7-13H2,1-6H3. The molecule has 1 rings (SSSR count). The molecule has 0 bridgehead atoms. The van der Waals surface area contributed by atoms with E-state index >= 15 is 0 Å². The van der Waals surface area contributed by atoms with E-state index in [1.54, 1.807) is 0 Å². The Labute approximate surface area is 121 Å². The average Bonchev–Trinajstić information content (AvgIpc) is 2.38. The Morgan fingerprint density at radius 1 is 1.16 bits per heavy atom. The van der Waals surface area contributed by atoms with Gasteiger partial charge in [0, 0.05) is 12.1 Å². The number of hydrogen-bond donors (Lipinski definition) is 1. The van der Waals surface area contributed by atoms with Crippen molar-refractivity contribution in [3.63, 3.8) is 0 Å². The van der Waals surface area contributed by atoms with Crippen LogP contribution in [0.4, 0.5) is 0 Å². The molecular weight excluding hydrogens is 232 g/mol. The normalized spacial score (nSPS) is 28.9. The molecule has 1 N–H and O–H groups in total. The fourth-order valence-electron chi connectivity index (χ4n) is 3.59. The van der Waals surface area contributed by atoms with Gasteiger partial charge in [-0.2, -0.15) is 0 Å². The smallest absolute Gasteiger partial charge is 0.0251 e. The third kappa shape index (κ3) is 4.75. The van der Waals surface area contributed by atoms with Crippen molar-refractivity contribution >= 4 is 0 Å². The highest BCUT2D eigenvalue weighted by Crippen LogP contribution is 2.39. The second kappa shape index (κ2) is 7.64. The maximum absolute atomic E-state index is 3.58. The van der Waals surface area contributed by atoms with Crippen LogP contribution in [-0.2, 0) is 0 Å².